The third-order valence-electron chi connectivity index (χ3n) is 4.23. The smallest absolute Gasteiger partial charge is 0.126 e. The van der Waals surface area contributed by atoms with Gasteiger partial charge in [-0.3, -0.25) is 0 Å². The second-order valence-corrected chi connectivity index (χ2v) is 6.52. The summed E-state index contributed by atoms with van der Waals surface area (Å²) in [4.78, 5) is 0. The third kappa shape index (κ3) is 3.05. The molecule has 0 spiro atoms. The standard InChI is InChI=1S/C19H22O4/c1-19(2)11-15(20)17-14(5-4-6-16(17)23-19)18(21)12-7-9-13(22-3)10-8-12/h4-10,15,18,20-21H,11H2,1-3H3. The molecular weight excluding hydrogens is 292 g/mol. The predicted octanol–water partition coefficient (Wildman–Crippen LogP) is 3.37. The molecule has 1 heterocycles. The van der Waals surface area contributed by atoms with Crippen LogP contribution in [0.2, 0.25) is 0 Å². The molecule has 0 radical (unpaired) electrons. The average Bonchev–Trinajstić information content (AvgIpc) is 2.52. The van der Waals surface area contributed by atoms with E-state index in [1.165, 1.54) is 0 Å². The molecule has 2 unspecified atom stereocenters. The van der Waals surface area contributed by atoms with E-state index in [9.17, 15) is 10.2 Å². The minimum absolute atomic E-state index is 0.421. The molecule has 2 aromatic rings. The van der Waals surface area contributed by atoms with Crippen LogP contribution in [0.4, 0.5) is 0 Å². The SMILES string of the molecule is COc1ccc(C(O)c2cccc3c2C(O)CC(C)(C)O3)cc1. The quantitative estimate of drug-likeness (QED) is 0.912. The summed E-state index contributed by atoms with van der Waals surface area (Å²) in [5, 5.41) is 21.3. The van der Waals surface area contributed by atoms with Gasteiger partial charge >= 0.3 is 0 Å². The summed E-state index contributed by atoms with van der Waals surface area (Å²) >= 11 is 0. The number of hydrogen-bond acceptors (Lipinski definition) is 4. The molecule has 2 atom stereocenters. The number of fused-ring (bicyclic) bond motifs is 1. The molecular formula is C19H22O4. The lowest BCUT2D eigenvalue weighted by atomic mass is 9.86. The maximum atomic E-state index is 10.8. The lowest BCUT2D eigenvalue weighted by Crippen LogP contribution is -2.35. The van der Waals surface area contributed by atoms with Crippen molar-refractivity contribution in [1.29, 1.82) is 0 Å². The number of benzene rings is 2. The van der Waals surface area contributed by atoms with Gasteiger partial charge in [0.2, 0.25) is 0 Å². The van der Waals surface area contributed by atoms with E-state index >= 15 is 0 Å². The van der Waals surface area contributed by atoms with Crippen LogP contribution in [0.15, 0.2) is 42.5 Å². The molecule has 0 amide bonds. The lowest BCUT2D eigenvalue weighted by molar-refractivity contribution is 0.00965. The summed E-state index contributed by atoms with van der Waals surface area (Å²) in [5.41, 5.74) is 1.68. The minimum atomic E-state index is -0.824. The van der Waals surface area contributed by atoms with Crippen molar-refractivity contribution >= 4 is 0 Å². The summed E-state index contributed by atoms with van der Waals surface area (Å²) in [5.74, 6) is 1.37. The van der Waals surface area contributed by atoms with E-state index in [-0.39, 0.29) is 0 Å². The van der Waals surface area contributed by atoms with Gasteiger partial charge in [-0.25, -0.2) is 0 Å². The van der Waals surface area contributed by atoms with Crippen molar-refractivity contribution in [2.75, 3.05) is 7.11 Å². The van der Waals surface area contributed by atoms with Crippen LogP contribution in [-0.4, -0.2) is 22.9 Å². The molecule has 1 aliphatic rings. The fourth-order valence-corrected chi connectivity index (χ4v) is 3.12. The molecule has 0 saturated carbocycles. The average molecular weight is 314 g/mol. The summed E-state index contributed by atoms with van der Waals surface area (Å²) in [6.07, 6.45) is -0.986. The second kappa shape index (κ2) is 5.87. The van der Waals surface area contributed by atoms with Gasteiger partial charge in [0, 0.05) is 12.0 Å². The van der Waals surface area contributed by atoms with Gasteiger partial charge in [0.25, 0.3) is 0 Å². The Labute approximate surface area is 136 Å². The zero-order chi connectivity index (χ0) is 16.6. The van der Waals surface area contributed by atoms with Gasteiger partial charge in [0.1, 0.15) is 23.2 Å². The highest BCUT2D eigenvalue weighted by Crippen LogP contribution is 2.43. The summed E-state index contributed by atoms with van der Waals surface area (Å²) in [7, 11) is 1.61. The maximum absolute atomic E-state index is 10.8. The minimum Gasteiger partial charge on any atom is -0.497 e. The van der Waals surface area contributed by atoms with Crippen molar-refractivity contribution < 1.29 is 19.7 Å². The fourth-order valence-electron chi connectivity index (χ4n) is 3.12. The molecule has 0 aliphatic carbocycles. The van der Waals surface area contributed by atoms with E-state index < -0.39 is 17.8 Å². The van der Waals surface area contributed by atoms with Crippen molar-refractivity contribution in [2.45, 2.75) is 38.1 Å². The Morgan fingerprint density at radius 1 is 1.17 bits per heavy atom. The molecule has 2 aromatic carbocycles. The Balaban J connectivity index is 2.00. The highest BCUT2D eigenvalue weighted by atomic mass is 16.5. The number of aliphatic hydroxyl groups excluding tert-OH is 2. The highest BCUT2D eigenvalue weighted by Gasteiger charge is 2.35. The van der Waals surface area contributed by atoms with Gasteiger partial charge in [-0.2, -0.15) is 0 Å². The van der Waals surface area contributed by atoms with Crippen LogP contribution in [0.25, 0.3) is 0 Å². The maximum Gasteiger partial charge on any atom is 0.126 e. The van der Waals surface area contributed by atoms with Crippen molar-refractivity contribution in [2.24, 2.45) is 0 Å². The Morgan fingerprint density at radius 3 is 2.52 bits per heavy atom. The first kappa shape index (κ1) is 15.8. The number of hydrogen-bond donors (Lipinski definition) is 2. The van der Waals surface area contributed by atoms with E-state index in [2.05, 4.69) is 0 Å². The van der Waals surface area contributed by atoms with Crippen LogP contribution in [0.1, 0.15) is 49.2 Å². The number of rotatable bonds is 3. The first-order chi connectivity index (χ1) is 10.9. The molecule has 0 bridgehead atoms. The Morgan fingerprint density at radius 2 is 1.87 bits per heavy atom. The van der Waals surface area contributed by atoms with Crippen LogP contribution >= 0.6 is 0 Å². The lowest BCUT2D eigenvalue weighted by Gasteiger charge is -2.37. The van der Waals surface area contributed by atoms with Crippen molar-refractivity contribution in [1.82, 2.24) is 0 Å². The van der Waals surface area contributed by atoms with Gasteiger partial charge < -0.3 is 19.7 Å². The number of ether oxygens (including phenoxy) is 2. The van der Waals surface area contributed by atoms with E-state index in [1.54, 1.807) is 7.11 Å². The molecule has 0 saturated heterocycles. The molecule has 2 N–H and O–H groups in total. The normalized spacial score (nSPS) is 20.3. The molecule has 3 rings (SSSR count). The van der Waals surface area contributed by atoms with E-state index in [1.807, 2.05) is 56.3 Å². The van der Waals surface area contributed by atoms with Crippen LogP contribution in [0.3, 0.4) is 0 Å². The Bertz CT molecular complexity index is 691. The summed E-state index contributed by atoms with van der Waals surface area (Å²) in [6, 6.07) is 12.8. The Kier molecular flexibility index (Phi) is 4.04. The largest absolute Gasteiger partial charge is 0.497 e. The van der Waals surface area contributed by atoms with E-state index in [0.29, 0.717) is 23.3 Å². The van der Waals surface area contributed by atoms with Crippen LogP contribution in [0.5, 0.6) is 11.5 Å². The van der Waals surface area contributed by atoms with Crippen molar-refractivity contribution in [3.8, 4) is 11.5 Å². The Hall–Kier alpha value is -2.04. The molecule has 0 aromatic heterocycles. The van der Waals surface area contributed by atoms with Gasteiger partial charge in [-0.15, -0.1) is 0 Å². The fraction of sp³-hybridized carbons (Fsp3) is 0.368. The molecule has 122 valence electrons. The van der Waals surface area contributed by atoms with E-state index in [4.69, 9.17) is 9.47 Å². The first-order valence-electron chi connectivity index (χ1n) is 7.73. The predicted molar refractivity (Wildman–Crippen MR) is 87.8 cm³/mol. The van der Waals surface area contributed by atoms with Gasteiger partial charge in [0.15, 0.2) is 0 Å². The van der Waals surface area contributed by atoms with Crippen molar-refractivity contribution in [3.63, 3.8) is 0 Å². The molecule has 0 fully saturated rings. The van der Waals surface area contributed by atoms with Crippen molar-refractivity contribution in [3.05, 3.63) is 59.2 Å². The molecule has 4 nitrogen and oxygen atoms in total. The molecule has 4 heteroatoms. The van der Waals surface area contributed by atoms with Gasteiger partial charge in [0.05, 0.1) is 13.2 Å². The highest BCUT2D eigenvalue weighted by molar-refractivity contribution is 5.47. The number of aliphatic hydroxyl groups is 2. The van der Waals surface area contributed by atoms with E-state index in [0.717, 1.165) is 11.3 Å². The topological polar surface area (TPSA) is 58.9 Å². The third-order valence-corrected chi connectivity index (χ3v) is 4.23. The number of methoxy groups -OCH3 is 1. The molecule has 1 aliphatic heterocycles. The zero-order valence-corrected chi connectivity index (χ0v) is 13.6. The van der Waals surface area contributed by atoms with Crippen LogP contribution in [0, 0.1) is 0 Å². The van der Waals surface area contributed by atoms with Crippen LogP contribution < -0.4 is 9.47 Å². The summed E-state index contributed by atoms with van der Waals surface area (Å²) in [6.45, 7) is 3.90. The molecule has 23 heavy (non-hydrogen) atoms. The van der Waals surface area contributed by atoms with Gasteiger partial charge in [-0.1, -0.05) is 24.3 Å². The van der Waals surface area contributed by atoms with Gasteiger partial charge in [-0.05, 0) is 43.2 Å². The van der Waals surface area contributed by atoms with Crippen LogP contribution in [-0.2, 0) is 0 Å². The monoisotopic (exact) mass is 314 g/mol. The zero-order valence-electron chi connectivity index (χ0n) is 13.6. The summed E-state index contributed by atoms with van der Waals surface area (Å²) < 4.78 is 11.1. The first-order valence-corrected chi connectivity index (χ1v) is 7.73. The second-order valence-electron chi connectivity index (χ2n) is 6.52.